The molecule has 0 saturated heterocycles. The van der Waals surface area contributed by atoms with Crippen molar-refractivity contribution in [1.82, 2.24) is 9.97 Å². The van der Waals surface area contributed by atoms with Crippen molar-refractivity contribution >= 4 is 17.9 Å². The predicted molar refractivity (Wildman–Crippen MR) is 66.9 cm³/mol. The summed E-state index contributed by atoms with van der Waals surface area (Å²) in [7, 11) is 0. The van der Waals surface area contributed by atoms with Gasteiger partial charge in [0.1, 0.15) is 6.61 Å². The van der Waals surface area contributed by atoms with Crippen LogP contribution in [0.3, 0.4) is 0 Å². The van der Waals surface area contributed by atoms with Crippen LogP contribution in [0.2, 0.25) is 0 Å². The molecule has 0 atom stereocenters. The number of anilines is 2. The number of nitrogens with one attached hydrogen (secondary N) is 1. The van der Waals surface area contributed by atoms with Crippen molar-refractivity contribution in [3.8, 4) is 5.75 Å². The van der Waals surface area contributed by atoms with Gasteiger partial charge in [0.05, 0.1) is 11.9 Å². The van der Waals surface area contributed by atoms with Crippen LogP contribution in [-0.4, -0.2) is 16.4 Å². The lowest BCUT2D eigenvalue weighted by molar-refractivity contribution is -0.105. The molecule has 0 aliphatic heterocycles. The fourth-order valence-corrected chi connectivity index (χ4v) is 1.40. The van der Waals surface area contributed by atoms with Crippen molar-refractivity contribution in [2.75, 3.05) is 11.1 Å². The van der Waals surface area contributed by atoms with Crippen LogP contribution in [0.15, 0.2) is 36.8 Å². The maximum absolute atomic E-state index is 10.3. The van der Waals surface area contributed by atoms with Crippen LogP contribution in [0, 0.1) is 0 Å². The molecule has 0 radical (unpaired) electrons. The average molecular weight is 244 g/mol. The van der Waals surface area contributed by atoms with E-state index in [0.29, 0.717) is 30.3 Å². The highest BCUT2D eigenvalue weighted by atomic mass is 16.5. The number of rotatable bonds is 5. The van der Waals surface area contributed by atoms with E-state index in [1.807, 2.05) is 0 Å². The van der Waals surface area contributed by atoms with E-state index in [4.69, 9.17) is 10.5 Å². The third kappa shape index (κ3) is 2.94. The summed E-state index contributed by atoms with van der Waals surface area (Å²) in [5.41, 5.74) is 7.09. The number of amides is 1. The van der Waals surface area contributed by atoms with Crippen LogP contribution in [0.25, 0.3) is 0 Å². The van der Waals surface area contributed by atoms with Crippen molar-refractivity contribution in [3.63, 3.8) is 0 Å². The van der Waals surface area contributed by atoms with Crippen LogP contribution >= 0.6 is 0 Å². The Bertz CT molecular complexity index is 545. The molecule has 0 unspecified atom stereocenters. The molecule has 2 heterocycles. The number of carbonyl (C=O) groups is 1. The second-order valence-electron chi connectivity index (χ2n) is 3.52. The number of pyridine rings is 2. The first-order valence-corrected chi connectivity index (χ1v) is 5.27. The van der Waals surface area contributed by atoms with Crippen molar-refractivity contribution in [3.05, 3.63) is 42.4 Å². The number of nitrogens with zero attached hydrogens (tertiary/aromatic N) is 2. The van der Waals surface area contributed by atoms with Crippen LogP contribution in [0.5, 0.6) is 5.75 Å². The van der Waals surface area contributed by atoms with Gasteiger partial charge in [-0.1, -0.05) is 0 Å². The summed E-state index contributed by atoms with van der Waals surface area (Å²) in [5.74, 6) is 0.860. The normalized spacial score (nSPS) is 9.78. The number of nitrogen functional groups attached to an aromatic ring is 1. The van der Waals surface area contributed by atoms with Gasteiger partial charge in [0, 0.05) is 18.0 Å². The van der Waals surface area contributed by atoms with Crippen LogP contribution < -0.4 is 15.8 Å². The SMILES string of the molecule is Nc1ncccc1OCc1cncc(NC=O)c1. The largest absolute Gasteiger partial charge is 0.485 e. The minimum absolute atomic E-state index is 0.303. The van der Waals surface area contributed by atoms with Crippen molar-refractivity contribution in [2.45, 2.75) is 6.61 Å². The second-order valence-corrected chi connectivity index (χ2v) is 3.52. The van der Waals surface area contributed by atoms with Gasteiger partial charge >= 0.3 is 0 Å². The van der Waals surface area contributed by atoms with Gasteiger partial charge in [0.2, 0.25) is 6.41 Å². The van der Waals surface area contributed by atoms with E-state index in [-0.39, 0.29) is 0 Å². The summed E-state index contributed by atoms with van der Waals surface area (Å²) in [4.78, 5) is 18.2. The molecule has 0 spiro atoms. The molecule has 2 rings (SSSR count). The Balaban J connectivity index is 2.04. The first-order valence-electron chi connectivity index (χ1n) is 5.27. The van der Waals surface area contributed by atoms with Crippen molar-refractivity contribution in [2.24, 2.45) is 0 Å². The Morgan fingerprint density at radius 1 is 1.44 bits per heavy atom. The maximum Gasteiger partial charge on any atom is 0.211 e. The van der Waals surface area contributed by atoms with E-state index < -0.39 is 0 Å². The predicted octanol–water partition coefficient (Wildman–Crippen LogP) is 1.21. The van der Waals surface area contributed by atoms with E-state index >= 15 is 0 Å². The molecule has 0 fully saturated rings. The van der Waals surface area contributed by atoms with Crippen molar-refractivity contribution < 1.29 is 9.53 Å². The average Bonchev–Trinajstić information content (AvgIpc) is 2.39. The first kappa shape index (κ1) is 11.8. The van der Waals surface area contributed by atoms with E-state index in [0.717, 1.165) is 5.56 Å². The highest BCUT2D eigenvalue weighted by Gasteiger charge is 2.02. The van der Waals surface area contributed by atoms with Crippen LogP contribution in [0.4, 0.5) is 11.5 Å². The Labute approximate surface area is 104 Å². The molecule has 1 amide bonds. The summed E-state index contributed by atoms with van der Waals surface area (Å²) >= 11 is 0. The van der Waals surface area contributed by atoms with Gasteiger partial charge in [-0.05, 0) is 18.2 Å². The number of hydrogen-bond donors (Lipinski definition) is 2. The van der Waals surface area contributed by atoms with Gasteiger partial charge in [-0.15, -0.1) is 0 Å². The molecular weight excluding hydrogens is 232 g/mol. The minimum atomic E-state index is 0.303. The van der Waals surface area contributed by atoms with Gasteiger partial charge in [0.25, 0.3) is 0 Å². The summed E-state index contributed by atoms with van der Waals surface area (Å²) in [6.07, 6.45) is 5.40. The van der Waals surface area contributed by atoms with Gasteiger partial charge in [-0.2, -0.15) is 0 Å². The fourth-order valence-electron chi connectivity index (χ4n) is 1.40. The molecule has 6 heteroatoms. The van der Waals surface area contributed by atoms with Crippen molar-refractivity contribution in [1.29, 1.82) is 0 Å². The molecule has 3 N–H and O–H groups in total. The topological polar surface area (TPSA) is 90.1 Å². The molecule has 0 aromatic carbocycles. The lowest BCUT2D eigenvalue weighted by atomic mass is 10.3. The number of ether oxygens (including phenoxy) is 1. The molecule has 0 aliphatic rings. The monoisotopic (exact) mass is 244 g/mol. The third-order valence-electron chi connectivity index (χ3n) is 2.21. The highest BCUT2D eigenvalue weighted by Crippen LogP contribution is 2.18. The summed E-state index contributed by atoms with van der Waals surface area (Å²) < 4.78 is 5.51. The molecule has 6 nitrogen and oxygen atoms in total. The number of aromatic nitrogens is 2. The Morgan fingerprint density at radius 3 is 3.11 bits per heavy atom. The molecule has 0 aliphatic carbocycles. The van der Waals surface area contributed by atoms with E-state index in [1.54, 1.807) is 36.8 Å². The molecular formula is C12H12N4O2. The fraction of sp³-hybridized carbons (Fsp3) is 0.0833. The Morgan fingerprint density at radius 2 is 2.33 bits per heavy atom. The maximum atomic E-state index is 10.3. The van der Waals surface area contributed by atoms with Gasteiger partial charge in [-0.25, -0.2) is 4.98 Å². The summed E-state index contributed by atoms with van der Waals surface area (Å²) in [6.45, 7) is 0.303. The van der Waals surface area contributed by atoms with Crippen LogP contribution in [-0.2, 0) is 11.4 Å². The van der Waals surface area contributed by atoms with E-state index in [1.165, 1.54) is 0 Å². The molecule has 18 heavy (non-hydrogen) atoms. The molecule has 2 aromatic rings. The summed E-state index contributed by atoms with van der Waals surface area (Å²) in [6, 6.07) is 5.26. The zero-order valence-corrected chi connectivity index (χ0v) is 9.54. The zero-order chi connectivity index (χ0) is 12.8. The zero-order valence-electron chi connectivity index (χ0n) is 9.54. The molecule has 0 saturated carbocycles. The lowest BCUT2D eigenvalue weighted by Crippen LogP contribution is -2.02. The molecule has 92 valence electrons. The Kier molecular flexibility index (Phi) is 3.70. The second kappa shape index (κ2) is 5.62. The highest BCUT2D eigenvalue weighted by molar-refractivity contribution is 5.70. The van der Waals surface area contributed by atoms with E-state index in [9.17, 15) is 4.79 Å². The van der Waals surface area contributed by atoms with Gasteiger partial charge < -0.3 is 15.8 Å². The number of hydrogen-bond acceptors (Lipinski definition) is 5. The Hall–Kier alpha value is -2.63. The number of nitrogens with two attached hydrogens (primary N) is 1. The minimum Gasteiger partial charge on any atom is -0.485 e. The standard InChI is InChI=1S/C12H12N4O2/c13-12-11(2-1-3-15-12)18-7-9-4-10(16-8-17)6-14-5-9/h1-6,8H,7H2,(H2,13,15)(H,16,17). The van der Waals surface area contributed by atoms with Gasteiger partial charge in [-0.3, -0.25) is 9.78 Å². The molecule has 2 aromatic heterocycles. The smallest absolute Gasteiger partial charge is 0.211 e. The van der Waals surface area contributed by atoms with Crippen LogP contribution in [0.1, 0.15) is 5.56 Å². The lowest BCUT2D eigenvalue weighted by Gasteiger charge is -2.08. The number of carbonyl (C=O) groups excluding carboxylic acids is 1. The quantitative estimate of drug-likeness (QED) is 0.771. The van der Waals surface area contributed by atoms with E-state index in [2.05, 4.69) is 15.3 Å². The van der Waals surface area contributed by atoms with Gasteiger partial charge in [0.15, 0.2) is 11.6 Å². The first-order chi connectivity index (χ1) is 8.79. The third-order valence-corrected chi connectivity index (χ3v) is 2.21. The molecule has 0 bridgehead atoms. The summed E-state index contributed by atoms with van der Waals surface area (Å²) in [5, 5.41) is 2.52.